The molecular weight excluding hydrogens is 241 g/mol. The van der Waals surface area contributed by atoms with Gasteiger partial charge in [0.05, 0.1) is 23.5 Å². The number of hydrogen-bond acceptors (Lipinski definition) is 4. The minimum Gasteiger partial charge on any atom is -0.399 e. The van der Waals surface area contributed by atoms with Gasteiger partial charge < -0.3 is 14.0 Å². The molecule has 1 aliphatic rings. The van der Waals surface area contributed by atoms with E-state index in [1.165, 1.54) is 0 Å². The number of rotatable bonds is 3. The largest absolute Gasteiger partial charge is 0.495 e. The van der Waals surface area contributed by atoms with Crippen molar-refractivity contribution in [1.82, 2.24) is 4.98 Å². The van der Waals surface area contributed by atoms with E-state index < -0.39 is 0 Å². The van der Waals surface area contributed by atoms with Gasteiger partial charge in [-0.05, 0) is 51.7 Å². The molecule has 0 unspecified atom stereocenters. The Kier molecular flexibility index (Phi) is 3.73. The second-order valence-corrected chi connectivity index (χ2v) is 5.99. The molecule has 0 saturated carbocycles. The number of ether oxygens (including phenoxy) is 1. The van der Waals surface area contributed by atoms with E-state index >= 15 is 0 Å². The monoisotopic (exact) mass is 263 g/mol. The SMILES string of the molecule is COCc1nccc(B2OC(C)(C)C(C)(C)O2)c1C. The Bertz CT molecular complexity index is 458. The second-order valence-electron chi connectivity index (χ2n) is 5.99. The quantitative estimate of drug-likeness (QED) is 0.780. The third-order valence-electron chi connectivity index (χ3n) is 4.14. The van der Waals surface area contributed by atoms with Crippen molar-refractivity contribution >= 4 is 12.6 Å². The summed E-state index contributed by atoms with van der Waals surface area (Å²) in [5, 5.41) is 0. The molecule has 0 bridgehead atoms. The van der Waals surface area contributed by atoms with Gasteiger partial charge in [-0.2, -0.15) is 0 Å². The second kappa shape index (κ2) is 4.89. The van der Waals surface area contributed by atoms with Crippen LogP contribution in [0.3, 0.4) is 0 Å². The van der Waals surface area contributed by atoms with E-state index in [1.54, 1.807) is 13.3 Å². The molecule has 1 aromatic heterocycles. The molecule has 0 spiro atoms. The van der Waals surface area contributed by atoms with Crippen LogP contribution in [-0.4, -0.2) is 30.4 Å². The van der Waals surface area contributed by atoms with E-state index in [0.717, 1.165) is 16.7 Å². The molecular formula is C14H22BNO3. The van der Waals surface area contributed by atoms with Crippen molar-refractivity contribution in [2.24, 2.45) is 0 Å². The van der Waals surface area contributed by atoms with Crippen LogP contribution in [0, 0.1) is 6.92 Å². The maximum Gasteiger partial charge on any atom is 0.495 e. The lowest BCUT2D eigenvalue weighted by atomic mass is 9.76. The van der Waals surface area contributed by atoms with E-state index in [2.05, 4.69) is 32.7 Å². The van der Waals surface area contributed by atoms with E-state index in [4.69, 9.17) is 14.0 Å². The standard InChI is InChI=1S/C14H22BNO3/c1-10-11(7-8-16-12(10)9-17-6)15-18-13(2,3)14(4,5)19-15/h7-8H,9H2,1-6H3. The summed E-state index contributed by atoms with van der Waals surface area (Å²) in [6.07, 6.45) is 1.78. The van der Waals surface area contributed by atoms with Crippen LogP contribution < -0.4 is 5.46 Å². The van der Waals surface area contributed by atoms with Crippen molar-refractivity contribution in [3.05, 3.63) is 23.5 Å². The zero-order chi connectivity index (χ0) is 14.3. The molecule has 19 heavy (non-hydrogen) atoms. The van der Waals surface area contributed by atoms with Crippen LogP contribution in [0.2, 0.25) is 0 Å². The maximum atomic E-state index is 6.07. The lowest BCUT2D eigenvalue weighted by Crippen LogP contribution is -2.41. The first-order valence-corrected chi connectivity index (χ1v) is 6.57. The van der Waals surface area contributed by atoms with E-state index in [0.29, 0.717) is 6.61 Å². The number of nitrogens with zero attached hydrogens (tertiary/aromatic N) is 1. The average Bonchev–Trinajstić information content (AvgIpc) is 2.51. The van der Waals surface area contributed by atoms with Gasteiger partial charge in [0.15, 0.2) is 0 Å². The predicted molar refractivity (Wildman–Crippen MR) is 75.4 cm³/mol. The van der Waals surface area contributed by atoms with Gasteiger partial charge in [0.25, 0.3) is 0 Å². The highest BCUT2D eigenvalue weighted by Crippen LogP contribution is 2.36. The Balaban J connectivity index is 2.32. The molecule has 0 amide bonds. The molecule has 0 atom stereocenters. The molecule has 104 valence electrons. The molecule has 2 heterocycles. The van der Waals surface area contributed by atoms with Crippen molar-refractivity contribution in [2.45, 2.75) is 52.4 Å². The first kappa shape index (κ1) is 14.5. The van der Waals surface area contributed by atoms with E-state index in [1.807, 2.05) is 13.0 Å². The Morgan fingerprint density at radius 1 is 1.21 bits per heavy atom. The van der Waals surface area contributed by atoms with Crippen LogP contribution in [0.4, 0.5) is 0 Å². The van der Waals surface area contributed by atoms with Crippen LogP contribution >= 0.6 is 0 Å². The lowest BCUT2D eigenvalue weighted by molar-refractivity contribution is 0.00578. The Morgan fingerprint density at radius 3 is 2.32 bits per heavy atom. The maximum absolute atomic E-state index is 6.07. The van der Waals surface area contributed by atoms with Crippen LogP contribution in [0.25, 0.3) is 0 Å². The smallest absolute Gasteiger partial charge is 0.399 e. The van der Waals surface area contributed by atoms with Crippen molar-refractivity contribution in [3.8, 4) is 0 Å². The average molecular weight is 263 g/mol. The van der Waals surface area contributed by atoms with Gasteiger partial charge in [-0.3, -0.25) is 4.98 Å². The van der Waals surface area contributed by atoms with Crippen LogP contribution in [0.5, 0.6) is 0 Å². The third kappa shape index (κ3) is 2.55. The topological polar surface area (TPSA) is 40.6 Å². The number of pyridine rings is 1. The fourth-order valence-corrected chi connectivity index (χ4v) is 2.10. The molecule has 0 N–H and O–H groups in total. The molecule has 1 aromatic rings. The Hall–Kier alpha value is -0.905. The molecule has 1 saturated heterocycles. The molecule has 1 fully saturated rings. The molecule has 2 rings (SSSR count). The predicted octanol–water partition coefficient (Wildman–Crippen LogP) is 1.84. The molecule has 5 heteroatoms. The highest BCUT2D eigenvalue weighted by molar-refractivity contribution is 6.62. The van der Waals surface area contributed by atoms with Crippen molar-refractivity contribution in [1.29, 1.82) is 0 Å². The molecule has 4 nitrogen and oxygen atoms in total. The van der Waals surface area contributed by atoms with Crippen molar-refractivity contribution in [2.75, 3.05) is 7.11 Å². The van der Waals surface area contributed by atoms with Crippen molar-refractivity contribution in [3.63, 3.8) is 0 Å². The Morgan fingerprint density at radius 2 is 1.79 bits per heavy atom. The fraction of sp³-hybridized carbons (Fsp3) is 0.643. The van der Waals surface area contributed by atoms with Crippen LogP contribution in [0.1, 0.15) is 39.0 Å². The van der Waals surface area contributed by atoms with Crippen molar-refractivity contribution < 1.29 is 14.0 Å². The summed E-state index contributed by atoms with van der Waals surface area (Å²) in [5.41, 5.74) is 2.38. The van der Waals surface area contributed by atoms with Gasteiger partial charge >= 0.3 is 7.12 Å². The van der Waals surface area contributed by atoms with Gasteiger partial charge in [-0.1, -0.05) is 0 Å². The minimum atomic E-state index is -0.344. The van der Waals surface area contributed by atoms with E-state index in [-0.39, 0.29) is 18.3 Å². The summed E-state index contributed by atoms with van der Waals surface area (Å²) in [6.45, 7) is 10.7. The highest BCUT2D eigenvalue weighted by Gasteiger charge is 2.52. The Labute approximate surface area is 115 Å². The number of aromatic nitrogens is 1. The van der Waals surface area contributed by atoms with Crippen LogP contribution in [0.15, 0.2) is 12.3 Å². The number of hydrogen-bond donors (Lipinski definition) is 0. The summed E-state index contributed by atoms with van der Waals surface area (Å²) >= 11 is 0. The van der Waals surface area contributed by atoms with E-state index in [9.17, 15) is 0 Å². The zero-order valence-corrected chi connectivity index (χ0v) is 12.6. The first-order chi connectivity index (χ1) is 8.78. The summed E-state index contributed by atoms with van der Waals surface area (Å²) in [6, 6.07) is 1.96. The molecule has 0 radical (unpaired) electrons. The molecule has 0 aliphatic carbocycles. The lowest BCUT2D eigenvalue weighted by Gasteiger charge is -2.32. The third-order valence-corrected chi connectivity index (χ3v) is 4.14. The van der Waals surface area contributed by atoms with Gasteiger partial charge in [0, 0.05) is 13.3 Å². The minimum absolute atomic E-state index is 0.325. The normalized spacial score (nSPS) is 20.8. The summed E-state index contributed by atoms with van der Waals surface area (Å²) in [7, 11) is 1.33. The van der Waals surface area contributed by atoms with Crippen LogP contribution in [-0.2, 0) is 20.7 Å². The fourth-order valence-electron chi connectivity index (χ4n) is 2.10. The zero-order valence-electron chi connectivity index (χ0n) is 12.6. The molecule has 1 aliphatic heterocycles. The van der Waals surface area contributed by atoms with Gasteiger partial charge in [0.1, 0.15) is 0 Å². The summed E-state index contributed by atoms with van der Waals surface area (Å²) in [4.78, 5) is 4.34. The summed E-state index contributed by atoms with van der Waals surface area (Å²) < 4.78 is 17.3. The summed E-state index contributed by atoms with van der Waals surface area (Å²) in [5.74, 6) is 0. The highest BCUT2D eigenvalue weighted by atomic mass is 16.7. The van der Waals surface area contributed by atoms with Gasteiger partial charge in [-0.25, -0.2) is 0 Å². The van der Waals surface area contributed by atoms with Gasteiger partial charge in [0.2, 0.25) is 0 Å². The molecule has 0 aromatic carbocycles. The first-order valence-electron chi connectivity index (χ1n) is 6.57. The van der Waals surface area contributed by atoms with Gasteiger partial charge in [-0.15, -0.1) is 0 Å². The number of methoxy groups -OCH3 is 1.